The van der Waals surface area contributed by atoms with Crippen molar-refractivity contribution >= 4 is 17.4 Å². The van der Waals surface area contributed by atoms with E-state index in [9.17, 15) is 22.4 Å². The predicted octanol–water partition coefficient (Wildman–Crippen LogP) is 5.26. The first-order chi connectivity index (χ1) is 16.6. The van der Waals surface area contributed by atoms with Crippen LogP contribution in [0.3, 0.4) is 0 Å². The van der Waals surface area contributed by atoms with Gasteiger partial charge in [0.15, 0.2) is 0 Å². The van der Waals surface area contributed by atoms with Gasteiger partial charge in [-0.25, -0.2) is 9.37 Å². The second kappa shape index (κ2) is 10.0. The number of likely N-dealkylation sites (N-methyl/N-ethyl adjacent to an activating group) is 1. The Morgan fingerprint density at radius 3 is 2.49 bits per heavy atom. The van der Waals surface area contributed by atoms with Gasteiger partial charge in [0.1, 0.15) is 11.6 Å². The van der Waals surface area contributed by atoms with Crippen molar-refractivity contribution in [2.45, 2.75) is 19.5 Å². The molecule has 1 fully saturated rings. The number of aryl methyl sites for hydroxylation is 1. The number of amides is 1. The molecule has 1 aliphatic heterocycles. The van der Waals surface area contributed by atoms with Gasteiger partial charge in [-0.1, -0.05) is 24.3 Å². The van der Waals surface area contributed by atoms with Gasteiger partial charge in [-0.05, 0) is 47.9 Å². The van der Waals surface area contributed by atoms with Crippen molar-refractivity contribution in [1.82, 2.24) is 4.98 Å². The highest BCUT2D eigenvalue weighted by molar-refractivity contribution is 5.98. The molecule has 2 heterocycles. The third-order valence-electron chi connectivity index (χ3n) is 6.01. The summed E-state index contributed by atoms with van der Waals surface area (Å²) in [6, 6.07) is 11.8. The molecule has 3 aromatic rings. The van der Waals surface area contributed by atoms with E-state index in [1.54, 1.807) is 13.2 Å². The van der Waals surface area contributed by atoms with E-state index in [1.807, 2.05) is 37.3 Å². The van der Waals surface area contributed by atoms with Crippen molar-refractivity contribution in [2.24, 2.45) is 0 Å². The Bertz CT molecular complexity index is 1220. The van der Waals surface area contributed by atoms with Gasteiger partial charge < -0.3 is 14.5 Å². The van der Waals surface area contributed by atoms with Crippen LogP contribution in [0.15, 0.2) is 54.7 Å². The van der Waals surface area contributed by atoms with Crippen molar-refractivity contribution in [2.75, 3.05) is 43.2 Å². The van der Waals surface area contributed by atoms with Gasteiger partial charge in [-0.15, -0.1) is 0 Å². The zero-order valence-corrected chi connectivity index (χ0v) is 19.4. The Kier molecular flexibility index (Phi) is 7.07. The summed E-state index contributed by atoms with van der Waals surface area (Å²) in [6.07, 6.45) is -3.50. The normalized spacial score (nSPS) is 14.2. The number of nitrogens with zero attached hydrogens (tertiary/aromatic N) is 3. The van der Waals surface area contributed by atoms with E-state index in [-0.39, 0.29) is 5.56 Å². The lowest BCUT2D eigenvalue weighted by Gasteiger charge is -2.29. The SMILES string of the molecule is Cc1ccccc1-c1cc(N2CCOCC2)ncc1N(C)C(=O)Cc1cc(F)cc(C(F)(F)F)c1. The number of benzene rings is 2. The highest BCUT2D eigenvalue weighted by Gasteiger charge is 2.31. The highest BCUT2D eigenvalue weighted by atomic mass is 19.4. The third kappa shape index (κ3) is 5.62. The molecule has 4 rings (SSSR count). The van der Waals surface area contributed by atoms with Crippen LogP contribution in [0.1, 0.15) is 16.7 Å². The summed E-state index contributed by atoms with van der Waals surface area (Å²) in [5.41, 5.74) is 2.00. The predicted molar refractivity (Wildman–Crippen MR) is 126 cm³/mol. The van der Waals surface area contributed by atoms with Gasteiger partial charge >= 0.3 is 6.18 Å². The standard InChI is InChI=1S/C26H25F4N3O2/c1-17-5-3-4-6-21(17)22-15-24(33-7-9-35-10-8-33)31-16-23(22)32(2)25(34)13-18-11-19(26(28,29)30)14-20(27)12-18/h3-6,11-12,14-16H,7-10,13H2,1-2H3. The third-order valence-corrected chi connectivity index (χ3v) is 6.01. The molecule has 0 aliphatic carbocycles. The summed E-state index contributed by atoms with van der Waals surface area (Å²) in [7, 11) is 1.54. The van der Waals surface area contributed by atoms with Crippen LogP contribution in [-0.4, -0.2) is 44.2 Å². The van der Waals surface area contributed by atoms with Crippen molar-refractivity contribution in [3.63, 3.8) is 0 Å². The molecule has 0 radical (unpaired) electrons. The summed E-state index contributed by atoms with van der Waals surface area (Å²) in [5, 5.41) is 0. The average molecular weight is 487 g/mol. The number of aromatic nitrogens is 1. The summed E-state index contributed by atoms with van der Waals surface area (Å²) in [5.74, 6) is -0.780. The topological polar surface area (TPSA) is 45.7 Å². The molecule has 1 aliphatic rings. The molecule has 0 N–H and O–H groups in total. The number of ether oxygens (including phenoxy) is 1. The summed E-state index contributed by atoms with van der Waals surface area (Å²) in [6.45, 7) is 4.52. The highest BCUT2D eigenvalue weighted by Crippen LogP contribution is 2.35. The molecule has 35 heavy (non-hydrogen) atoms. The lowest BCUT2D eigenvalue weighted by atomic mass is 9.99. The van der Waals surface area contributed by atoms with Crippen LogP contribution in [-0.2, 0) is 22.1 Å². The Morgan fingerprint density at radius 2 is 1.80 bits per heavy atom. The number of pyridine rings is 1. The van der Waals surface area contributed by atoms with Crippen molar-refractivity contribution in [3.05, 3.63) is 77.2 Å². The molecule has 0 bridgehead atoms. The van der Waals surface area contributed by atoms with E-state index in [0.29, 0.717) is 38.1 Å². The number of hydrogen-bond donors (Lipinski definition) is 0. The largest absolute Gasteiger partial charge is 0.416 e. The van der Waals surface area contributed by atoms with Crippen LogP contribution in [0.2, 0.25) is 0 Å². The first-order valence-corrected chi connectivity index (χ1v) is 11.2. The summed E-state index contributed by atoms with van der Waals surface area (Å²) in [4.78, 5) is 21.1. The van der Waals surface area contributed by atoms with E-state index in [0.717, 1.165) is 34.6 Å². The average Bonchev–Trinajstić information content (AvgIpc) is 2.83. The Hall–Kier alpha value is -3.46. The molecular formula is C26H25F4N3O2. The number of alkyl halides is 3. The number of carbonyl (C=O) groups is 1. The monoisotopic (exact) mass is 487 g/mol. The van der Waals surface area contributed by atoms with Gasteiger partial charge in [0, 0.05) is 25.7 Å². The maximum absolute atomic E-state index is 13.8. The van der Waals surface area contributed by atoms with E-state index in [1.165, 1.54) is 4.90 Å². The van der Waals surface area contributed by atoms with Crippen molar-refractivity contribution in [3.8, 4) is 11.1 Å². The number of rotatable bonds is 5. The molecule has 9 heteroatoms. The minimum Gasteiger partial charge on any atom is -0.378 e. The van der Waals surface area contributed by atoms with Crippen molar-refractivity contribution < 1.29 is 27.1 Å². The number of carbonyl (C=O) groups excluding carboxylic acids is 1. The molecule has 1 amide bonds. The fraction of sp³-hybridized carbons (Fsp3) is 0.308. The van der Waals surface area contributed by atoms with E-state index in [2.05, 4.69) is 9.88 Å². The molecule has 2 aromatic carbocycles. The number of halogens is 4. The molecule has 1 aromatic heterocycles. The number of morpholine rings is 1. The van der Waals surface area contributed by atoms with E-state index >= 15 is 0 Å². The second-order valence-electron chi connectivity index (χ2n) is 8.45. The van der Waals surface area contributed by atoms with Gasteiger partial charge in [0.25, 0.3) is 0 Å². The van der Waals surface area contributed by atoms with Crippen LogP contribution in [0.4, 0.5) is 29.1 Å². The second-order valence-corrected chi connectivity index (χ2v) is 8.45. The van der Waals surface area contributed by atoms with Crippen LogP contribution in [0.25, 0.3) is 11.1 Å². The number of hydrogen-bond acceptors (Lipinski definition) is 4. The number of anilines is 2. The van der Waals surface area contributed by atoms with Gasteiger partial charge in [-0.3, -0.25) is 4.79 Å². The van der Waals surface area contributed by atoms with Crippen LogP contribution in [0.5, 0.6) is 0 Å². The van der Waals surface area contributed by atoms with E-state index < -0.39 is 29.9 Å². The quantitative estimate of drug-likeness (QED) is 0.461. The molecule has 1 saturated heterocycles. The van der Waals surface area contributed by atoms with Crippen molar-refractivity contribution in [1.29, 1.82) is 0 Å². The molecule has 5 nitrogen and oxygen atoms in total. The first kappa shape index (κ1) is 24.7. The molecule has 0 unspecified atom stereocenters. The van der Waals surface area contributed by atoms with E-state index in [4.69, 9.17) is 4.74 Å². The lowest BCUT2D eigenvalue weighted by Crippen LogP contribution is -2.37. The van der Waals surface area contributed by atoms with Crippen LogP contribution in [0, 0.1) is 12.7 Å². The van der Waals surface area contributed by atoms with Gasteiger partial charge in [-0.2, -0.15) is 13.2 Å². The smallest absolute Gasteiger partial charge is 0.378 e. The summed E-state index contributed by atoms with van der Waals surface area (Å²) >= 11 is 0. The first-order valence-electron chi connectivity index (χ1n) is 11.2. The minimum absolute atomic E-state index is 0.0514. The van der Waals surface area contributed by atoms with Crippen LogP contribution >= 0.6 is 0 Å². The molecule has 0 spiro atoms. The van der Waals surface area contributed by atoms with Crippen LogP contribution < -0.4 is 9.80 Å². The fourth-order valence-electron chi connectivity index (χ4n) is 4.10. The zero-order chi connectivity index (χ0) is 25.2. The lowest BCUT2D eigenvalue weighted by molar-refractivity contribution is -0.137. The molecule has 184 valence electrons. The Morgan fingerprint density at radius 1 is 1.09 bits per heavy atom. The summed E-state index contributed by atoms with van der Waals surface area (Å²) < 4.78 is 58.5. The molecule has 0 saturated carbocycles. The van der Waals surface area contributed by atoms with Gasteiger partial charge in [0.05, 0.1) is 37.1 Å². The Balaban J connectivity index is 1.68. The molecular weight excluding hydrogens is 462 g/mol. The minimum atomic E-state index is -4.71. The zero-order valence-electron chi connectivity index (χ0n) is 19.4. The molecule has 0 atom stereocenters. The fourth-order valence-corrected chi connectivity index (χ4v) is 4.10. The Labute approximate surface area is 201 Å². The maximum Gasteiger partial charge on any atom is 0.416 e. The maximum atomic E-state index is 13.8. The van der Waals surface area contributed by atoms with Gasteiger partial charge in [0.2, 0.25) is 5.91 Å².